The van der Waals surface area contributed by atoms with Crippen LogP contribution in [-0.4, -0.2) is 42.0 Å². The Morgan fingerprint density at radius 2 is 1.48 bits per heavy atom. The second-order valence-electron chi connectivity index (χ2n) is 8.12. The maximum Gasteiger partial charge on any atom is 0.123 e. The Kier molecular flexibility index (Phi) is 6.21. The van der Waals surface area contributed by atoms with Crippen molar-refractivity contribution in [1.29, 1.82) is 0 Å². The van der Waals surface area contributed by atoms with Crippen molar-refractivity contribution < 1.29 is 4.39 Å². The SMILES string of the molecule is Fc1ccc(C(Cc2ccccc2)N2CCN(C3CCCCC3)CC2)cc1. The molecule has 0 bridgehead atoms. The van der Waals surface area contributed by atoms with Gasteiger partial charge < -0.3 is 0 Å². The average Bonchev–Trinajstić information content (AvgIpc) is 2.74. The third-order valence-electron chi connectivity index (χ3n) is 6.41. The average molecular weight is 367 g/mol. The Morgan fingerprint density at radius 3 is 2.15 bits per heavy atom. The highest BCUT2D eigenvalue weighted by Gasteiger charge is 2.29. The molecule has 1 saturated carbocycles. The van der Waals surface area contributed by atoms with Crippen LogP contribution in [0.5, 0.6) is 0 Å². The van der Waals surface area contributed by atoms with Crippen molar-refractivity contribution in [3.05, 3.63) is 71.5 Å². The van der Waals surface area contributed by atoms with E-state index in [2.05, 4.69) is 40.1 Å². The molecule has 1 heterocycles. The van der Waals surface area contributed by atoms with Gasteiger partial charge >= 0.3 is 0 Å². The Bertz CT molecular complexity index is 686. The maximum atomic E-state index is 13.5. The lowest BCUT2D eigenvalue weighted by atomic mass is 9.93. The van der Waals surface area contributed by atoms with E-state index in [9.17, 15) is 4.39 Å². The van der Waals surface area contributed by atoms with E-state index < -0.39 is 0 Å². The zero-order valence-corrected chi connectivity index (χ0v) is 16.2. The van der Waals surface area contributed by atoms with Gasteiger partial charge in [0.05, 0.1) is 0 Å². The third-order valence-corrected chi connectivity index (χ3v) is 6.41. The number of rotatable bonds is 5. The maximum absolute atomic E-state index is 13.5. The molecule has 3 heteroatoms. The van der Waals surface area contributed by atoms with Gasteiger partial charge in [-0.3, -0.25) is 9.80 Å². The molecule has 0 aromatic heterocycles. The lowest BCUT2D eigenvalue weighted by molar-refractivity contribution is 0.0559. The quantitative estimate of drug-likeness (QED) is 0.730. The number of hydrogen-bond donors (Lipinski definition) is 0. The molecule has 2 aromatic carbocycles. The van der Waals surface area contributed by atoms with E-state index in [-0.39, 0.29) is 5.82 Å². The van der Waals surface area contributed by atoms with Crippen molar-refractivity contribution in [2.45, 2.75) is 50.6 Å². The summed E-state index contributed by atoms with van der Waals surface area (Å²) in [5.74, 6) is -0.153. The molecular weight excluding hydrogens is 335 g/mol. The molecule has 0 N–H and O–H groups in total. The highest BCUT2D eigenvalue weighted by atomic mass is 19.1. The molecule has 0 radical (unpaired) electrons. The predicted molar refractivity (Wildman–Crippen MR) is 109 cm³/mol. The van der Waals surface area contributed by atoms with Crippen molar-refractivity contribution in [2.24, 2.45) is 0 Å². The summed E-state index contributed by atoms with van der Waals surface area (Å²) in [6.45, 7) is 4.53. The Morgan fingerprint density at radius 1 is 0.815 bits per heavy atom. The first kappa shape index (κ1) is 18.6. The van der Waals surface area contributed by atoms with Gasteiger partial charge in [0, 0.05) is 38.3 Å². The summed E-state index contributed by atoms with van der Waals surface area (Å²) in [4.78, 5) is 5.33. The molecule has 2 aromatic rings. The number of nitrogens with zero attached hydrogens (tertiary/aromatic N) is 2. The molecule has 1 aliphatic heterocycles. The Labute approximate surface area is 163 Å². The zero-order chi connectivity index (χ0) is 18.5. The molecule has 144 valence electrons. The topological polar surface area (TPSA) is 6.48 Å². The number of halogens is 1. The molecule has 1 aliphatic carbocycles. The predicted octanol–water partition coefficient (Wildman–Crippen LogP) is 5.06. The van der Waals surface area contributed by atoms with E-state index in [4.69, 9.17) is 0 Å². The molecule has 2 nitrogen and oxygen atoms in total. The van der Waals surface area contributed by atoms with Crippen LogP contribution < -0.4 is 0 Å². The van der Waals surface area contributed by atoms with Crippen LogP contribution in [0.1, 0.15) is 49.3 Å². The van der Waals surface area contributed by atoms with Crippen LogP contribution in [-0.2, 0) is 6.42 Å². The fraction of sp³-hybridized carbons (Fsp3) is 0.500. The summed E-state index contributed by atoms with van der Waals surface area (Å²) >= 11 is 0. The molecule has 0 spiro atoms. The Balaban J connectivity index is 1.46. The van der Waals surface area contributed by atoms with Crippen molar-refractivity contribution in [1.82, 2.24) is 9.80 Å². The van der Waals surface area contributed by atoms with E-state index >= 15 is 0 Å². The first-order valence-electron chi connectivity index (χ1n) is 10.6. The monoisotopic (exact) mass is 366 g/mol. The molecule has 1 unspecified atom stereocenters. The van der Waals surface area contributed by atoms with Crippen LogP contribution >= 0.6 is 0 Å². The number of piperazine rings is 1. The van der Waals surface area contributed by atoms with Crippen LogP contribution in [0.15, 0.2) is 54.6 Å². The standard InChI is InChI=1S/C24H31FN2/c25-22-13-11-21(12-14-22)24(19-20-7-3-1-4-8-20)27-17-15-26(16-18-27)23-9-5-2-6-10-23/h1,3-4,7-8,11-14,23-24H,2,5-6,9-10,15-19H2. The van der Waals surface area contributed by atoms with Crippen LogP contribution in [0, 0.1) is 5.82 Å². The smallest absolute Gasteiger partial charge is 0.123 e. The normalized spacial score (nSPS) is 21.2. The van der Waals surface area contributed by atoms with Gasteiger partial charge in [0.25, 0.3) is 0 Å². The minimum Gasteiger partial charge on any atom is -0.298 e. The van der Waals surface area contributed by atoms with Gasteiger partial charge in [-0.05, 0) is 42.5 Å². The van der Waals surface area contributed by atoms with Gasteiger partial charge in [0.15, 0.2) is 0 Å². The fourth-order valence-electron chi connectivity index (χ4n) is 4.84. The van der Waals surface area contributed by atoms with Crippen LogP contribution in [0.3, 0.4) is 0 Å². The van der Waals surface area contributed by atoms with E-state index in [1.165, 1.54) is 43.2 Å². The highest BCUT2D eigenvalue weighted by Crippen LogP contribution is 2.29. The van der Waals surface area contributed by atoms with Gasteiger partial charge in [-0.15, -0.1) is 0 Å². The highest BCUT2D eigenvalue weighted by molar-refractivity contribution is 5.24. The second-order valence-corrected chi connectivity index (χ2v) is 8.12. The molecular formula is C24H31FN2. The van der Waals surface area contributed by atoms with Gasteiger partial charge in [-0.1, -0.05) is 61.7 Å². The molecule has 1 saturated heterocycles. The van der Waals surface area contributed by atoms with Gasteiger partial charge in [-0.25, -0.2) is 4.39 Å². The van der Waals surface area contributed by atoms with E-state index in [0.717, 1.165) is 38.6 Å². The number of hydrogen-bond acceptors (Lipinski definition) is 2. The van der Waals surface area contributed by atoms with Gasteiger partial charge in [-0.2, -0.15) is 0 Å². The zero-order valence-electron chi connectivity index (χ0n) is 16.2. The summed E-state index contributed by atoms with van der Waals surface area (Å²) in [6.07, 6.45) is 7.96. The van der Waals surface area contributed by atoms with E-state index in [0.29, 0.717) is 6.04 Å². The largest absolute Gasteiger partial charge is 0.298 e. The van der Waals surface area contributed by atoms with Gasteiger partial charge in [0.2, 0.25) is 0 Å². The van der Waals surface area contributed by atoms with Crippen LogP contribution in [0.4, 0.5) is 4.39 Å². The molecule has 0 amide bonds. The molecule has 2 fully saturated rings. The molecule has 2 aliphatic rings. The van der Waals surface area contributed by atoms with E-state index in [1.54, 1.807) is 12.1 Å². The fourth-order valence-corrected chi connectivity index (χ4v) is 4.84. The van der Waals surface area contributed by atoms with Crippen molar-refractivity contribution in [3.8, 4) is 0 Å². The van der Waals surface area contributed by atoms with Crippen molar-refractivity contribution in [2.75, 3.05) is 26.2 Å². The minimum absolute atomic E-state index is 0.153. The van der Waals surface area contributed by atoms with Crippen molar-refractivity contribution in [3.63, 3.8) is 0 Å². The second kappa shape index (κ2) is 8.99. The van der Waals surface area contributed by atoms with Gasteiger partial charge in [0.1, 0.15) is 5.82 Å². The summed E-state index contributed by atoms with van der Waals surface area (Å²) < 4.78 is 13.5. The minimum atomic E-state index is -0.153. The first-order valence-corrected chi connectivity index (χ1v) is 10.6. The molecule has 4 rings (SSSR count). The Hall–Kier alpha value is -1.71. The third kappa shape index (κ3) is 4.77. The number of benzene rings is 2. The van der Waals surface area contributed by atoms with Crippen LogP contribution in [0.25, 0.3) is 0 Å². The molecule has 27 heavy (non-hydrogen) atoms. The molecule has 1 atom stereocenters. The summed E-state index contributed by atoms with van der Waals surface area (Å²) in [5.41, 5.74) is 2.58. The lowest BCUT2D eigenvalue weighted by Crippen LogP contribution is -2.51. The van der Waals surface area contributed by atoms with Crippen molar-refractivity contribution >= 4 is 0 Å². The summed E-state index contributed by atoms with van der Waals surface area (Å²) in [6, 6.07) is 19.0. The van der Waals surface area contributed by atoms with E-state index in [1.807, 2.05) is 12.1 Å². The van der Waals surface area contributed by atoms with Crippen LogP contribution in [0.2, 0.25) is 0 Å². The first-order chi connectivity index (χ1) is 13.3. The summed E-state index contributed by atoms with van der Waals surface area (Å²) in [7, 11) is 0. The lowest BCUT2D eigenvalue weighted by Gasteiger charge is -2.43. The summed E-state index contributed by atoms with van der Waals surface area (Å²) in [5, 5.41) is 0.